The van der Waals surface area contributed by atoms with Gasteiger partial charge in [-0.05, 0) is 48.2 Å². The van der Waals surface area contributed by atoms with Crippen LogP contribution in [0.3, 0.4) is 0 Å². The minimum atomic E-state index is -4.53. The average Bonchev–Trinajstić information content (AvgIpc) is 2.64. The smallest absolute Gasteiger partial charge is 0.383 e. The first kappa shape index (κ1) is 23.7. The Morgan fingerprint density at radius 1 is 1.10 bits per heavy atom. The number of nitrogens with zero attached hydrogens (tertiary/aromatic N) is 1. The van der Waals surface area contributed by atoms with Crippen LogP contribution in [0, 0.1) is 5.92 Å². The summed E-state index contributed by atoms with van der Waals surface area (Å²) in [6.45, 7) is 4.52. The lowest BCUT2D eigenvalue weighted by Crippen LogP contribution is -2.32. The number of halogens is 3. The lowest BCUT2D eigenvalue weighted by atomic mass is 10.1. The highest BCUT2D eigenvalue weighted by atomic mass is 32.2. The number of hydrogen-bond donors (Lipinski definition) is 0. The Kier molecular flexibility index (Phi) is 7.52. The highest BCUT2D eigenvalue weighted by Gasteiger charge is 2.31. The quantitative estimate of drug-likeness (QED) is 0.553. The molecule has 2 rings (SSSR count). The third kappa shape index (κ3) is 7.37. The lowest BCUT2D eigenvalue weighted by Gasteiger charge is -2.24. The Hall–Kier alpha value is -2.55. The molecule has 0 spiro atoms. The first-order valence-electron chi connectivity index (χ1n) is 9.30. The molecular weight excluding hydrogens is 419 g/mol. The predicted molar refractivity (Wildman–Crippen MR) is 108 cm³/mol. The van der Waals surface area contributed by atoms with Crippen LogP contribution >= 0.6 is 0 Å². The van der Waals surface area contributed by atoms with E-state index >= 15 is 0 Å². The van der Waals surface area contributed by atoms with Gasteiger partial charge >= 0.3 is 16.3 Å². The summed E-state index contributed by atoms with van der Waals surface area (Å²) in [6.07, 6.45) is -2.92. The molecule has 0 aliphatic rings. The van der Waals surface area contributed by atoms with Crippen molar-refractivity contribution in [1.82, 2.24) is 4.90 Å². The monoisotopic (exact) mass is 443 g/mol. The number of benzene rings is 2. The molecule has 0 radical (unpaired) electrons. The fraction of sp³-hybridized carbons (Fsp3) is 0.381. The topological polar surface area (TPSA) is 63.7 Å². The lowest BCUT2D eigenvalue weighted by molar-refractivity contribution is -0.137. The van der Waals surface area contributed by atoms with Crippen LogP contribution in [0.25, 0.3) is 0 Å². The maximum Gasteiger partial charge on any atom is 0.416 e. The van der Waals surface area contributed by atoms with E-state index in [2.05, 4.69) is 0 Å². The summed E-state index contributed by atoms with van der Waals surface area (Å²) < 4.78 is 66.2. The summed E-state index contributed by atoms with van der Waals surface area (Å²) in [5, 5.41) is 0. The first-order valence-corrected chi connectivity index (χ1v) is 11.1. The van der Waals surface area contributed by atoms with Crippen molar-refractivity contribution in [3.05, 3.63) is 65.2 Å². The zero-order chi connectivity index (χ0) is 22.5. The molecule has 0 aliphatic heterocycles. The molecule has 0 heterocycles. The van der Waals surface area contributed by atoms with E-state index in [9.17, 15) is 26.4 Å². The zero-order valence-corrected chi connectivity index (χ0v) is 17.8. The van der Waals surface area contributed by atoms with Crippen molar-refractivity contribution in [3.63, 3.8) is 0 Å². The van der Waals surface area contributed by atoms with Gasteiger partial charge in [-0.25, -0.2) is 0 Å². The summed E-state index contributed by atoms with van der Waals surface area (Å²) in [5.74, 6) is -0.0651. The summed E-state index contributed by atoms with van der Waals surface area (Å²) in [6, 6.07) is 10.5. The largest absolute Gasteiger partial charge is 0.416 e. The number of carbonyl (C=O) groups excluding carboxylic acids is 1. The second-order valence-electron chi connectivity index (χ2n) is 7.42. The maximum atomic E-state index is 13.0. The molecule has 1 amide bonds. The molecule has 0 atom stereocenters. The summed E-state index contributed by atoms with van der Waals surface area (Å²) >= 11 is 0. The molecular formula is C21H24F3NO4S. The van der Waals surface area contributed by atoms with E-state index in [1.807, 2.05) is 13.8 Å². The summed E-state index contributed by atoms with van der Waals surface area (Å²) in [4.78, 5) is 14.4. The molecule has 5 nitrogen and oxygen atoms in total. The molecule has 0 fully saturated rings. The van der Waals surface area contributed by atoms with Crippen LogP contribution in [0.4, 0.5) is 13.2 Å². The van der Waals surface area contributed by atoms with Crippen LogP contribution in [0.1, 0.15) is 41.8 Å². The fourth-order valence-electron chi connectivity index (χ4n) is 2.72. The van der Waals surface area contributed by atoms with E-state index in [1.165, 1.54) is 29.2 Å². The van der Waals surface area contributed by atoms with Crippen molar-refractivity contribution in [3.8, 4) is 5.75 Å². The molecule has 164 valence electrons. The van der Waals surface area contributed by atoms with Crippen LogP contribution in [0.5, 0.6) is 5.75 Å². The Balaban J connectivity index is 2.24. The van der Waals surface area contributed by atoms with E-state index < -0.39 is 27.8 Å². The van der Waals surface area contributed by atoms with E-state index in [0.29, 0.717) is 24.4 Å². The average molecular weight is 443 g/mol. The number of hydrogen-bond acceptors (Lipinski definition) is 4. The number of amides is 1. The van der Waals surface area contributed by atoms with E-state index in [1.54, 1.807) is 12.1 Å². The molecule has 0 aromatic heterocycles. The molecule has 0 saturated heterocycles. The molecule has 2 aromatic carbocycles. The maximum absolute atomic E-state index is 13.0. The van der Waals surface area contributed by atoms with Gasteiger partial charge in [0, 0.05) is 18.7 Å². The Bertz CT molecular complexity index is 970. The second kappa shape index (κ2) is 9.51. The van der Waals surface area contributed by atoms with Gasteiger partial charge in [0.15, 0.2) is 0 Å². The second-order valence-corrected chi connectivity index (χ2v) is 8.99. The van der Waals surface area contributed by atoms with Gasteiger partial charge in [0.05, 0.1) is 11.8 Å². The van der Waals surface area contributed by atoms with Gasteiger partial charge < -0.3 is 9.08 Å². The molecule has 0 saturated carbocycles. The summed E-state index contributed by atoms with van der Waals surface area (Å²) in [5.41, 5.74) is -0.218. The van der Waals surface area contributed by atoms with Crippen molar-refractivity contribution in [2.45, 2.75) is 33.0 Å². The molecule has 9 heteroatoms. The van der Waals surface area contributed by atoms with Crippen molar-refractivity contribution in [2.75, 3.05) is 12.8 Å². The van der Waals surface area contributed by atoms with Gasteiger partial charge in [-0.2, -0.15) is 21.6 Å². The van der Waals surface area contributed by atoms with Crippen molar-refractivity contribution >= 4 is 16.0 Å². The fourth-order valence-corrected chi connectivity index (χ4v) is 3.18. The highest BCUT2D eigenvalue weighted by molar-refractivity contribution is 7.86. The van der Waals surface area contributed by atoms with Crippen LogP contribution in [-0.2, 0) is 22.8 Å². The molecule has 30 heavy (non-hydrogen) atoms. The van der Waals surface area contributed by atoms with Crippen molar-refractivity contribution in [2.24, 2.45) is 5.92 Å². The van der Waals surface area contributed by atoms with Gasteiger partial charge in [-0.1, -0.05) is 32.0 Å². The molecule has 0 aliphatic carbocycles. The predicted octanol–water partition coefficient (Wildman–Crippen LogP) is 4.73. The minimum absolute atomic E-state index is 0.0365. The number of carbonyl (C=O) groups is 1. The van der Waals surface area contributed by atoms with Crippen LogP contribution in [0.2, 0.25) is 0 Å². The third-order valence-corrected chi connectivity index (χ3v) is 4.74. The van der Waals surface area contributed by atoms with E-state index in [0.717, 1.165) is 18.4 Å². The van der Waals surface area contributed by atoms with E-state index in [4.69, 9.17) is 4.18 Å². The third-order valence-electron chi connectivity index (χ3n) is 4.24. The van der Waals surface area contributed by atoms with Gasteiger partial charge in [-0.15, -0.1) is 0 Å². The van der Waals surface area contributed by atoms with Crippen molar-refractivity contribution in [1.29, 1.82) is 0 Å². The minimum Gasteiger partial charge on any atom is -0.383 e. The van der Waals surface area contributed by atoms with Gasteiger partial charge in [0.2, 0.25) is 0 Å². The van der Waals surface area contributed by atoms with E-state index in [-0.39, 0.29) is 17.9 Å². The normalized spacial score (nSPS) is 12.1. The zero-order valence-electron chi connectivity index (χ0n) is 16.9. The van der Waals surface area contributed by atoms with Gasteiger partial charge in [-0.3, -0.25) is 4.79 Å². The molecule has 0 N–H and O–H groups in total. The Morgan fingerprint density at radius 3 is 2.27 bits per heavy atom. The number of rotatable bonds is 8. The first-order chi connectivity index (χ1) is 13.8. The van der Waals surface area contributed by atoms with Crippen LogP contribution in [-0.4, -0.2) is 32.0 Å². The Labute approximate surface area is 174 Å². The van der Waals surface area contributed by atoms with Gasteiger partial charge in [0.25, 0.3) is 5.91 Å². The molecule has 0 bridgehead atoms. The summed E-state index contributed by atoms with van der Waals surface area (Å²) in [7, 11) is -3.65. The molecule has 0 unspecified atom stereocenters. The highest BCUT2D eigenvalue weighted by Crippen LogP contribution is 2.30. The number of alkyl halides is 3. The molecule has 2 aromatic rings. The van der Waals surface area contributed by atoms with Crippen molar-refractivity contribution < 1.29 is 30.6 Å². The van der Waals surface area contributed by atoms with Crippen LogP contribution < -0.4 is 4.18 Å². The SMILES string of the molecule is CC(C)CCN(Cc1ccc(OS(C)(=O)=O)cc1)C(=O)c1cccc(C(F)(F)F)c1. The van der Waals surface area contributed by atoms with Crippen LogP contribution in [0.15, 0.2) is 48.5 Å². The Morgan fingerprint density at radius 2 is 1.73 bits per heavy atom. The standard InChI is InChI=1S/C21H24F3NO4S/c1-15(2)11-12-25(14-16-7-9-19(10-8-16)29-30(3,27)28)20(26)17-5-4-6-18(13-17)21(22,23)24/h4-10,13,15H,11-12,14H2,1-3H3. The van der Waals surface area contributed by atoms with Gasteiger partial charge in [0.1, 0.15) is 5.75 Å².